The lowest BCUT2D eigenvalue weighted by Crippen LogP contribution is -1.99. The average Bonchev–Trinajstić information content (AvgIpc) is 3.07. The van der Waals surface area contributed by atoms with E-state index in [0.29, 0.717) is 12.1 Å². The molecule has 3 aromatic rings. The van der Waals surface area contributed by atoms with Crippen LogP contribution in [-0.2, 0) is 6.54 Å². The molecule has 100 valence electrons. The summed E-state index contributed by atoms with van der Waals surface area (Å²) in [5, 5.41) is 16.8. The zero-order valence-corrected chi connectivity index (χ0v) is 10.4. The lowest BCUT2D eigenvalue weighted by Gasteiger charge is -2.00. The van der Waals surface area contributed by atoms with Crippen LogP contribution in [0.25, 0.3) is 11.3 Å². The van der Waals surface area contributed by atoms with Crippen molar-refractivity contribution >= 4 is 5.97 Å². The molecule has 0 atom stereocenters. The normalized spacial score (nSPS) is 10.6. The van der Waals surface area contributed by atoms with Crippen molar-refractivity contribution in [3.05, 3.63) is 60.0 Å². The number of carboxylic acid groups (broad SMARTS) is 1. The molecular formula is C14H11N3O3. The fraction of sp³-hybridized carbons (Fsp3) is 0.0714. The van der Waals surface area contributed by atoms with Gasteiger partial charge in [0.25, 0.3) is 0 Å². The van der Waals surface area contributed by atoms with E-state index in [1.165, 1.54) is 6.20 Å². The van der Waals surface area contributed by atoms with Gasteiger partial charge in [0.05, 0.1) is 24.5 Å². The number of rotatable bonds is 4. The topological polar surface area (TPSA) is 81.2 Å². The third-order valence-corrected chi connectivity index (χ3v) is 2.88. The smallest absolute Gasteiger partial charge is 0.341 e. The Kier molecular flexibility index (Phi) is 3.04. The number of aromatic carboxylic acids is 1. The average molecular weight is 269 g/mol. The summed E-state index contributed by atoms with van der Waals surface area (Å²) in [5.41, 5.74) is 1.73. The van der Waals surface area contributed by atoms with Gasteiger partial charge in [-0.05, 0) is 5.56 Å². The van der Waals surface area contributed by atoms with Gasteiger partial charge in [0.1, 0.15) is 5.56 Å². The zero-order chi connectivity index (χ0) is 13.9. The van der Waals surface area contributed by atoms with Gasteiger partial charge in [-0.1, -0.05) is 35.5 Å². The Balaban J connectivity index is 1.87. The van der Waals surface area contributed by atoms with Crippen LogP contribution in [-0.4, -0.2) is 26.0 Å². The zero-order valence-electron chi connectivity index (χ0n) is 10.4. The first-order chi connectivity index (χ1) is 9.74. The number of hydrogen-bond acceptors (Lipinski definition) is 4. The second kappa shape index (κ2) is 5.00. The van der Waals surface area contributed by atoms with Crippen LogP contribution in [0.1, 0.15) is 15.9 Å². The highest BCUT2D eigenvalue weighted by atomic mass is 16.5. The lowest BCUT2D eigenvalue weighted by molar-refractivity contribution is 0.0697. The molecule has 6 nitrogen and oxygen atoms in total. The number of hydrogen-bond donors (Lipinski definition) is 1. The number of carbonyl (C=O) groups is 1. The van der Waals surface area contributed by atoms with Gasteiger partial charge in [-0.15, -0.1) is 0 Å². The Hall–Kier alpha value is -2.89. The Morgan fingerprint density at radius 1 is 1.25 bits per heavy atom. The standard InChI is InChI=1S/C14H11N3O3/c18-14(19)12-7-16-20-13(12)11-6-15-17(9-11)8-10-4-2-1-3-5-10/h1-7,9H,8H2,(H,18,19). The molecule has 1 aromatic carbocycles. The maximum absolute atomic E-state index is 11.0. The van der Waals surface area contributed by atoms with Crippen LogP contribution in [0, 0.1) is 0 Å². The molecule has 2 aromatic heterocycles. The van der Waals surface area contributed by atoms with Crippen LogP contribution >= 0.6 is 0 Å². The van der Waals surface area contributed by atoms with Crippen molar-refractivity contribution in [3.8, 4) is 11.3 Å². The van der Waals surface area contributed by atoms with Gasteiger partial charge in [0, 0.05) is 6.20 Å². The maximum atomic E-state index is 11.0. The number of nitrogens with zero attached hydrogens (tertiary/aromatic N) is 3. The first-order valence-electron chi connectivity index (χ1n) is 5.99. The van der Waals surface area contributed by atoms with Gasteiger partial charge in [-0.3, -0.25) is 4.68 Å². The van der Waals surface area contributed by atoms with E-state index in [4.69, 9.17) is 9.63 Å². The Morgan fingerprint density at radius 3 is 2.80 bits per heavy atom. The van der Waals surface area contributed by atoms with E-state index in [0.717, 1.165) is 5.56 Å². The molecular weight excluding hydrogens is 258 g/mol. The van der Waals surface area contributed by atoms with Crippen LogP contribution in [0.15, 0.2) is 53.4 Å². The van der Waals surface area contributed by atoms with Gasteiger partial charge in [0.15, 0.2) is 5.76 Å². The molecule has 0 amide bonds. The molecule has 0 fully saturated rings. The van der Waals surface area contributed by atoms with Crippen molar-refractivity contribution < 1.29 is 14.4 Å². The predicted octanol–water partition coefficient (Wildman–Crippen LogP) is 2.28. The molecule has 0 aliphatic heterocycles. The monoisotopic (exact) mass is 269 g/mol. The summed E-state index contributed by atoms with van der Waals surface area (Å²) in [5.74, 6) is -0.853. The number of benzene rings is 1. The van der Waals surface area contributed by atoms with E-state index in [2.05, 4.69) is 10.3 Å². The minimum Gasteiger partial charge on any atom is -0.477 e. The maximum Gasteiger partial charge on any atom is 0.341 e. The molecule has 0 bridgehead atoms. The molecule has 0 radical (unpaired) electrons. The quantitative estimate of drug-likeness (QED) is 0.785. The van der Waals surface area contributed by atoms with Crippen LogP contribution < -0.4 is 0 Å². The summed E-state index contributed by atoms with van der Waals surface area (Å²) in [6.07, 6.45) is 4.49. The molecule has 0 unspecified atom stereocenters. The largest absolute Gasteiger partial charge is 0.477 e. The highest BCUT2D eigenvalue weighted by Crippen LogP contribution is 2.23. The minimum atomic E-state index is -1.07. The van der Waals surface area contributed by atoms with Crippen LogP contribution in [0.4, 0.5) is 0 Å². The lowest BCUT2D eigenvalue weighted by atomic mass is 10.2. The van der Waals surface area contributed by atoms with Crippen molar-refractivity contribution in [1.29, 1.82) is 0 Å². The van der Waals surface area contributed by atoms with Crippen LogP contribution in [0.5, 0.6) is 0 Å². The molecule has 3 rings (SSSR count). The van der Waals surface area contributed by atoms with E-state index >= 15 is 0 Å². The summed E-state index contributed by atoms with van der Waals surface area (Å²) < 4.78 is 6.71. The number of carboxylic acids is 1. The molecule has 1 N–H and O–H groups in total. The third-order valence-electron chi connectivity index (χ3n) is 2.88. The van der Waals surface area contributed by atoms with Crippen molar-refractivity contribution in [2.24, 2.45) is 0 Å². The van der Waals surface area contributed by atoms with E-state index < -0.39 is 5.97 Å². The van der Waals surface area contributed by atoms with Gasteiger partial charge in [0.2, 0.25) is 0 Å². The SMILES string of the molecule is O=C(O)c1cnoc1-c1cnn(Cc2ccccc2)c1. The molecule has 0 saturated heterocycles. The van der Waals surface area contributed by atoms with Crippen molar-refractivity contribution in [2.45, 2.75) is 6.54 Å². The third kappa shape index (κ3) is 2.31. The Labute approximate surface area is 114 Å². The summed E-state index contributed by atoms with van der Waals surface area (Å²) >= 11 is 0. The molecule has 2 heterocycles. The van der Waals surface area contributed by atoms with E-state index in [-0.39, 0.29) is 11.3 Å². The molecule has 20 heavy (non-hydrogen) atoms. The minimum absolute atomic E-state index is 0.0317. The van der Waals surface area contributed by atoms with Gasteiger partial charge < -0.3 is 9.63 Å². The van der Waals surface area contributed by atoms with Gasteiger partial charge >= 0.3 is 5.97 Å². The van der Waals surface area contributed by atoms with Crippen molar-refractivity contribution in [2.75, 3.05) is 0 Å². The molecule has 0 aliphatic rings. The van der Waals surface area contributed by atoms with Gasteiger partial charge in [-0.25, -0.2) is 4.79 Å². The summed E-state index contributed by atoms with van der Waals surface area (Å²) in [4.78, 5) is 11.0. The molecule has 0 spiro atoms. The molecule has 0 saturated carbocycles. The molecule has 6 heteroatoms. The second-order valence-corrected chi connectivity index (χ2v) is 4.29. The van der Waals surface area contributed by atoms with Crippen molar-refractivity contribution in [1.82, 2.24) is 14.9 Å². The molecule has 0 aliphatic carbocycles. The van der Waals surface area contributed by atoms with Crippen LogP contribution in [0.2, 0.25) is 0 Å². The van der Waals surface area contributed by atoms with E-state index in [1.807, 2.05) is 30.3 Å². The van der Waals surface area contributed by atoms with Crippen LogP contribution in [0.3, 0.4) is 0 Å². The Bertz CT molecular complexity index is 731. The van der Waals surface area contributed by atoms with Gasteiger partial charge in [-0.2, -0.15) is 5.10 Å². The summed E-state index contributed by atoms with van der Waals surface area (Å²) in [7, 11) is 0. The Morgan fingerprint density at radius 2 is 2.05 bits per heavy atom. The first kappa shape index (κ1) is 12.2. The fourth-order valence-corrected chi connectivity index (χ4v) is 1.94. The number of aromatic nitrogens is 3. The van der Waals surface area contributed by atoms with Crippen molar-refractivity contribution in [3.63, 3.8) is 0 Å². The predicted molar refractivity (Wildman–Crippen MR) is 70.2 cm³/mol. The summed E-state index contributed by atoms with van der Waals surface area (Å²) in [6, 6.07) is 9.86. The van der Waals surface area contributed by atoms with E-state index in [1.54, 1.807) is 17.1 Å². The highest BCUT2D eigenvalue weighted by Gasteiger charge is 2.18. The second-order valence-electron chi connectivity index (χ2n) is 4.29. The first-order valence-corrected chi connectivity index (χ1v) is 5.99. The fourth-order valence-electron chi connectivity index (χ4n) is 1.94. The van der Waals surface area contributed by atoms with E-state index in [9.17, 15) is 4.79 Å². The summed E-state index contributed by atoms with van der Waals surface area (Å²) in [6.45, 7) is 0.609. The highest BCUT2D eigenvalue weighted by molar-refractivity contribution is 5.93.